The summed E-state index contributed by atoms with van der Waals surface area (Å²) in [4.78, 5) is 0. The molecule has 0 aromatic heterocycles. The molecular formula is C10H21CuLi. The van der Waals surface area contributed by atoms with E-state index in [1.165, 1.54) is 44.9 Å². The number of hydrogen-bond donors (Lipinski definition) is 0. The molecule has 0 aliphatic carbocycles. The van der Waals surface area contributed by atoms with E-state index in [0.29, 0.717) is 0 Å². The second-order valence-electron chi connectivity index (χ2n) is 2.97. The zero-order chi connectivity index (χ0) is 7.66. The van der Waals surface area contributed by atoms with Crippen LogP contribution in [0.2, 0.25) is 0 Å². The summed E-state index contributed by atoms with van der Waals surface area (Å²) in [5, 5.41) is 0. The Hall–Kier alpha value is 1.12. The van der Waals surface area contributed by atoms with Gasteiger partial charge >= 0.3 is 18.9 Å². The van der Waals surface area contributed by atoms with Crippen LogP contribution >= 0.6 is 0 Å². The molecule has 1 radical (unpaired) electrons. The minimum Gasteiger partial charge on any atom is -0.343 e. The van der Waals surface area contributed by atoms with Crippen LogP contribution in [0.15, 0.2) is 0 Å². The van der Waals surface area contributed by atoms with Gasteiger partial charge in [-0.2, -0.15) is 6.42 Å². The van der Waals surface area contributed by atoms with Crippen molar-refractivity contribution < 1.29 is 35.9 Å². The van der Waals surface area contributed by atoms with Gasteiger partial charge in [-0.1, -0.05) is 51.9 Å². The zero-order valence-electron chi connectivity index (χ0n) is 8.67. The van der Waals surface area contributed by atoms with Gasteiger partial charge in [0.25, 0.3) is 0 Å². The van der Waals surface area contributed by atoms with Crippen LogP contribution in [0.3, 0.4) is 0 Å². The van der Waals surface area contributed by atoms with Crippen molar-refractivity contribution in [3.05, 3.63) is 6.92 Å². The molecule has 0 nitrogen and oxygen atoms in total. The van der Waals surface area contributed by atoms with Gasteiger partial charge in [0.15, 0.2) is 0 Å². The first kappa shape index (κ1) is 18.8. The van der Waals surface area contributed by atoms with E-state index in [0.717, 1.165) is 6.42 Å². The van der Waals surface area contributed by atoms with E-state index >= 15 is 0 Å². The normalized spacial score (nSPS) is 8.50. The molecule has 0 N–H and O–H groups in total. The molecule has 2 heteroatoms. The molecule has 0 spiro atoms. The first-order chi connectivity index (χ1) is 4.91. The summed E-state index contributed by atoms with van der Waals surface area (Å²) >= 11 is 0. The van der Waals surface area contributed by atoms with Crippen molar-refractivity contribution in [3.63, 3.8) is 0 Å². The Balaban J connectivity index is -0.000000405. The fourth-order valence-corrected chi connectivity index (χ4v) is 1.13. The van der Waals surface area contributed by atoms with Crippen molar-refractivity contribution in [1.82, 2.24) is 0 Å². The molecule has 0 aliphatic heterocycles. The van der Waals surface area contributed by atoms with Crippen LogP contribution in [-0.2, 0) is 17.1 Å². The van der Waals surface area contributed by atoms with Crippen molar-refractivity contribution in [2.24, 2.45) is 0 Å². The van der Waals surface area contributed by atoms with Gasteiger partial charge in [0.05, 0.1) is 0 Å². The van der Waals surface area contributed by atoms with Crippen molar-refractivity contribution in [2.45, 2.75) is 58.3 Å². The van der Waals surface area contributed by atoms with E-state index < -0.39 is 0 Å². The Labute approximate surface area is 101 Å². The molecule has 0 rings (SSSR count). The van der Waals surface area contributed by atoms with Crippen molar-refractivity contribution in [1.29, 1.82) is 0 Å². The van der Waals surface area contributed by atoms with Crippen LogP contribution in [0, 0.1) is 6.92 Å². The summed E-state index contributed by atoms with van der Waals surface area (Å²) in [6.07, 6.45) is 10.9. The van der Waals surface area contributed by atoms with Gasteiger partial charge in [-0.05, 0) is 0 Å². The van der Waals surface area contributed by atoms with Crippen LogP contribution in [0.1, 0.15) is 58.3 Å². The van der Waals surface area contributed by atoms with E-state index in [-0.39, 0.29) is 35.9 Å². The third-order valence-electron chi connectivity index (χ3n) is 1.85. The zero-order valence-corrected chi connectivity index (χ0v) is 9.61. The van der Waals surface area contributed by atoms with E-state index in [2.05, 4.69) is 13.8 Å². The third-order valence-corrected chi connectivity index (χ3v) is 1.85. The molecule has 0 aliphatic rings. The topological polar surface area (TPSA) is 0 Å². The van der Waals surface area contributed by atoms with Crippen LogP contribution < -0.4 is 18.9 Å². The van der Waals surface area contributed by atoms with E-state index in [1.807, 2.05) is 0 Å². The fourth-order valence-electron chi connectivity index (χ4n) is 1.13. The average molecular weight is 212 g/mol. The Morgan fingerprint density at radius 3 is 1.67 bits per heavy atom. The van der Waals surface area contributed by atoms with Gasteiger partial charge in [0, 0.05) is 17.1 Å². The Kier molecular flexibility index (Phi) is 28.2. The molecule has 0 aromatic rings. The first-order valence-corrected chi connectivity index (χ1v) is 4.71. The van der Waals surface area contributed by atoms with E-state index in [1.54, 1.807) is 0 Å². The Morgan fingerprint density at radius 1 is 0.833 bits per heavy atom. The summed E-state index contributed by atoms with van der Waals surface area (Å²) in [6, 6.07) is 0. The van der Waals surface area contributed by atoms with Gasteiger partial charge in [-0.15, -0.1) is 0 Å². The molecule has 12 heavy (non-hydrogen) atoms. The summed E-state index contributed by atoms with van der Waals surface area (Å²) < 4.78 is 0. The van der Waals surface area contributed by atoms with Crippen LogP contribution in [0.5, 0.6) is 0 Å². The molecular weight excluding hydrogens is 191 g/mol. The van der Waals surface area contributed by atoms with Crippen LogP contribution in [-0.4, -0.2) is 0 Å². The first-order valence-electron chi connectivity index (χ1n) is 4.71. The van der Waals surface area contributed by atoms with E-state index in [9.17, 15) is 0 Å². The molecule has 0 atom stereocenters. The number of unbranched alkanes of at least 4 members (excludes halogenated alkanes) is 7. The van der Waals surface area contributed by atoms with Crippen LogP contribution in [0.4, 0.5) is 0 Å². The molecule has 0 fully saturated rings. The molecule has 0 bridgehead atoms. The Bertz CT molecular complexity index is 49.8. The van der Waals surface area contributed by atoms with E-state index in [4.69, 9.17) is 0 Å². The van der Waals surface area contributed by atoms with Gasteiger partial charge in [-0.25, -0.2) is 0 Å². The quantitative estimate of drug-likeness (QED) is 0.335. The third kappa shape index (κ3) is 17.3. The summed E-state index contributed by atoms with van der Waals surface area (Å²) in [7, 11) is 0. The predicted molar refractivity (Wildman–Crippen MR) is 48.0 cm³/mol. The van der Waals surface area contributed by atoms with Gasteiger partial charge in [0.1, 0.15) is 0 Å². The maximum absolute atomic E-state index is 3.82. The van der Waals surface area contributed by atoms with Crippen molar-refractivity contribution in [2.75, 3.05) is 0 Å². The molecule has 0 unspecified atom stereocenters. The van der Waals surface area contributed by atoms with Crippen molar-refractivity contribution in [3.8, 4) is 0 Å². The van der Waals surface area contributed by atoms with Crippen molar-refractivity contribution >= 4 is 0 Å². The molecule has 0 heterocycles. The summed E-state index contributed by atoms with van der Waals surface area (Å²) in [5.41, 5.74) is 0. The maximum atomic E-state index is 3.82. The fraction of sp³-hybridized carbons (Fsp3) is 0.900. The van der Waals surface area contributed by atoms with Gasteiger partial charge in [0.2, 0.25) is 0 Å². The maximum Gasteiger partial charge on any atom is 1.00 e. The number of rotatable bonds is 7. The standard InChI is InChI=1S/C10H21.Cu.Li/c1-3-5-7-9-10-8-6-4-2;;/h1,3-10H2,2H3;;/q-1;;+1. The second-order valence-corrected chi connectivity index (χ2v) is 2.97. The predicted octanol–water partition coefficient (Wildman–Crippen LogP) is 0.963. The number of hydrogen-bond acceptors (Lipinski definition) is 0. The minimum atomic E-state index is 0. The largest absolute Gasteiger partial charge is 1.00 e. The summed E-state index contributed by atoms with van der Waals surface area (Å²) in [6.45, 7) is 6.08. The molecule has 73 valence electrons. The SMILES string of the molecule is [CH2-]CCCCCCCCC.[Cu].[Li+]. The Morgan fingerprint density at radius 2 is 1.25 bits per heavy atom. The van der Waals surface area contributed by atoms with Crippen LogP contribution in [0.25, 0.3) is 0 Å². The molecule has 0 saturated carbocycles. The molecule has 0 saturated heterocycles. The second kappa shape index (κ2) is 18.0. The smallest absolute Gasteiger partial charge is 0.343 e. The molecule has 0 amide bonds. The van der Waals surface area contributed by atoms with Gasteiger partial charge < -0.3 is 6.92 Å². The average Bonchev–Trinajstić information content (AvgIpc) is 1.97. The summed E-state index contributed by atoms with van der Waals surface area (Å²) in [5.74, 6) is 0. The van der Waals surface area contributed by atoms with Gasteiger partial charge in [-0.3, -0.25) is 0 Å². The minimum absolute atomic E-state index is 0. The monoisotopic (exact) mass is 211 g/mol. The molecule has 0 aromatic carbocycles.